The Kier molecular flexibility index (Phi) is 13.7. The number of aliphatic hydroxyl groups excluding tert-OH is 1. The van der Waals surface area contributed by atoms with E-state index in [0.29, 0.717) is 9.13 Å². The molecule has 1 fully saturated rings. The quantitative estimate of drug-likeness (QED) is 0.126. The summed E-state index contributed by atoms with van der Waals surface area (Å²) in [4.78, 5) is 64.7. The number of amides is 1. The van der Waals surface area contributed by atoms with Gasteiger partial charge in [-0.1, -0.05) is 18.2 Å². The van der Waals surface area contributed by atoms with E-state index in [9.17, 15) is 33.6 Å². The Balaban J connectivity index is 1.97. The SMILES string of the molecule is COC(=O)N[C@](Cn1c(=O)ccn([C@@H]2O[C@H](CO[P@@](=O)(N[C@@H](C)C(=O)OC(C)C)Oc3ccccc3)[C@@H](O)[C@@]2(C)F)c1=O)(C(=O)OC)[C@H](C)OC. The number of halogens is 1. The van der Waals surface area contributed by atoms with Crippen LogP contribution in [-0.4, -0.2) is 102 Å². The highest BCUT2D eigenvalue weighted by Gasteiger charge is 2.56. The first-order chi connectivity index (χ1) is 23.8. The lowest BCUT2D eigenvalue weighted by molar-refractivity contribution is -0.155. The second kappa shape index (κ2) is 16.9. The molecule has 0 bridgehead atoms. The van der Waals surface area contributed by atoms with E-state index in [1.54, 1.807) is 32.0 Å². The minimum atomic E-state index is -4.47. The van der Waals surface area contributed by atoms with Gasteiger partial charge in [-0.25, -0.2) is 23.3 Å². The molecule has 8 atom stereocenters. The summed E-state index contributed by atoms with van der Waals surface area (Å²) in [6.07, 6.45) is -7.41. The number of carbonyl (C=O) groups excluding carboxylic acids is 3. The second-order valence-electron chi connectivity index (χ2n) is 12.0. The molecule has 1 aromatic carbocycles. The fraction of sp³-hybridized carbons (Fsp3) is 0.581. The van der Waals surface area contributed by atoms with Crippen LogP contribution >= 0.6 is 7.75 Å². The first kappa shape index (κ1) is 41.3. The number of benzene rings is 1. The Morgan fingerprint density at radius 3 is 2.29 bits per heavy atom. The largest absolute Gasteiger partial charge is 0.467 e. The second-order valence-corrected chi connectivity index (χ2v) is 13.7. The number of hydrogen-bond donors (Lipinski definition) is 3. The van der Waals surface area contributed by atoms with Gasteiger partial charge in [0, 0.05) is 19.4 Å². The van der Waals surface area contributed by atoms with Crippen molar-refractivity contribution in [3.8, 4) is 5.75 Å². The number of hydrogen-bond acceptors (Lipinski definition) is 14. The van der Waals surface area contributed by atoms with Crippen LogP contribution in [0.4, 0.5) is 9.18 Å². The Labute approximate surface area is 292 Å². The highest BCUT2D eigenvalue weighted by Crippen LogP contribution is 2.47. The molecule has 20 heteroatoms. The van der Waals surface area contributed by atoms with Gasteiger partial charge in [0.15, 0.2) is 17.4 Å². The van der Waals surface area contributed by atoms with Crippen LogP contribution in [0.1, 0.15) is 40.8 Å². The lowest BCUT2D eigenvalue weighted by Crippen LogP contribution is -2.66. The average Bonchev–Trinajstić information content (AvgIpc) is 3.31. The molecule has 1 amide bonds. The van der Waals surface area contributed by atoms with Gasteiger partial charge >= 0.3 is 31.5 Å². The summed E-state index contributed by atoms with van der Waals surface area (Å²) in [5, 5.41) is 15.8. The van der Waals surface area contributed by atoms with Crippen molar-refractivity contribution in [3.05, 3.63) is 63.4 Å². The van der Waals surface area contributed by atoms with Crippen molar-refractivity contribution in [1.82, 2.24) is 19.5 Å². The van der Waals surface area contributed by atoms with Crippen molar-refractivity contribution in [1.29, 1.82) is 0 Å². The number of methoxy groups -OCH3 is 3. The molecule has 0 radical (unpaired) electrons. The number of ether oxygens (including phenoxy) is 5. The Hall–Kier alpha value is -4.13. The van der Waals surface area contributed by atoms with Gasteiger partial charge in [0.25, 0.3) is 5.56 Å². The molecule has 0 unspecified atom stereocenters. The molecule has 0 spiro atoms. The van der Waals surface area contributed by atoms with Crippen molar-refractivity contribution in [3.63, 3.8) is 0 Å². The van der Waals surface area contributed by atoms with Crippen LogP contribution in [0.25, 0.3) is 0 Å². The van der Waals surface area contributed by atoms with Crippen LogP contribution < -0.4 is 26.2 Å². The van der Waals surface area contributed by atoms with Gasteiger partial charge in [0.05, 0.1) is 39.6 Å². The predicted molar refractivity (Wildman–Crippen MR) is 176 cm³/mol. The Morgan fingerprint density at radius 2 is 1.73 bits per heavy atom. The molecule has 284 valence electrons. The third kappa shape index (κ3) is 9.41. The molecule has 1 aliphatic rings. The summed E-state index contributed by atoms with van der Waals surface area (Å²) < 4.78 is 68.2. The highest BCUT2D eigenvalue weighted by atomic mass is 31.2. The van der Waals surface area contributed by atoms with E-state index in [1.165, 1.54) is 33.1 Å². The number of alkyl carbamates (subject to hydrolysis) is 1. The molecule has 1 aromatic heterocycles. The van der Waals surface area contributed by atoms with Crippen molar-refractivity contribution in [2.75, 3.05) is 27.9 Å². The van der Waals surface area contributed by atoms with Gasteiger partial charge in [-0.3, -0.25) is 23.2 Å². The molecule has 3 N–H and O–H groups in total. The van der Waals surface area contributed by atoms with E-state index in [-0.39, 0.29) is 5.75 Å². The molecule has 2 aromatic rings. The molecule has 51 heavy (non-hydrogen) atoms. The van der Waals surface area contributed by atoms with E-state index in [1.807, 2.05) is 0 Å². The summed E-state index contributed by atoms with van der Waals surface area (Å²) in [5.74, 6) is -1.79. The zero-order valence-electron chi connectivity index (χ0n) is 29.4. The fourth-order valence-corrected chi connectivity index (χ4v) is 6.63. The molecule has 1 aliphatic heterocycles. The van der Waals surface area contributed by atoms with E-state index >= 15 is 4.39 Å². The van der Waals surface area contributed by atoms with Crippen molar-refractivity contribution in [2.24, 2.45) is 0 Å². The van der Waals surface area contributed by atoms with Crippen LogP contribution in [0.5, 0.6) is 5.75 Å². The molecule has 1 saturated heterocycles. The first-order valence-corrected chi connectivity index (χ1v) is 17.2. The molecule has 18 nitrogen and oxygen atoms in total. The fourth-order valence-electron chi connectivity index (χ4n) is 5.13. The zero-order chi connectivity index (χ0) is 38.3. The number of carbonyl (C=O) groups is 3. The molecule has 0 aliphatic carbocycles. The van der Waals surface area contributed by atoms with Crippen LogP contribution in [-0.2, 0) is 48.9 Å². The van der Waals surface area contributed by atoms with Crippen LogP contribution in [0.15, 0.2) is 52.2 Å². The maximum absolute atomic E-state index is 16.3. The van der Waals surface area contributed by atoms with Crippen LogP contribution in [0.2, 0.25) is 0 Å². The van der Waals surface area contributed by atoms with Gasteiger partial charge in [0.1, 0.15) is 24.0 Å². The Bertz CT molecular complexity index is 1700. The number of alkyl halides is 1. The van der Waals surface area contributed by atoms with E-state index < -0.39 is 98.1 Å². The molecule has 3 rings (SSSR count). The zero-order valence-corrected chi connectivity index (χ0v) is 30.3. The highest BCUT2D eigenvalue weighted by molar-refractivity contribution is 7.52. The lowest BCUT2D eigenvalue weighted by atomic mass is 9.92. The van der Waals surface area contributed by atoms with Crippen LogP contribution in [0.3, 0.4) is 0 Å². The van der Waals surface area contributed by atoms with E-state index in [2.05, 4.69) is 15.1 Å². The smallest absolute Gasteiger partial charge is 0.459 e. The van der Waals surface area contributed by atoms with Crippen molar-refractivity contribution < 1.29 is 61.2 Å². The summed E-state index contributed by atoms with van der Waals surface area (Å²) in [7, 11) is -1.24. The third-order valence-corrected chi connectivity index (χ3v) is 9.66. The molecular weight excluding hydrogens is 702 g/mol. The minimum absolute atomic E-state index is 0.0835. The first-order valence-electron chi connectivity index (χ1n) is 15.6. The number of esters is 2. The minimum Gasteiger partial charge on any atom is -0.467 e. The Morgan fingerprint density at radius 1 is 1.08 bits per heavy atom. The van der Waals surface area contributed by atoms with Crippen molar-refractivity contribution >= 4 is 25.8 Å². The van der Waals surface area contributed by atoms with Gasteiger partial charge in [-0.05, 0) is 46.8 Å². The standard InChI is InChI=1S/C31H44FN4O14P/c1-18(2)48-25(39)19(3)34-51(43,50-21-12-10-9-11-13-21)47-16-22-24(38)30(5,32)26(49-22)35-15-14-23(37)36(29(35)42)17-31(20(4)44-6,27(40)45-7)33-28(41)46-8/h9-15,18-20,22,24,26,38H,16-17H2,1-8H3,(H,33,41)(H,34,43)/t19-,20-,22+,24+,26+,30+,31-,51-/m0/s1. The van der Waals surface area contributed by atoms with Gasteiger partial charge in [0.2, 0.25) is 0 Å². The lowest BCUT2D eigenvalue weighted by Gasteiger charge is -2.36. The summed E-state index contributed by atoms with van der Waals surface area (Å²) in [5.41, 5.74) is -7.12. The van der Waals surface area contributed by atoms with Gasteiger partial charge in [-0.2, -0.15) is 5.09 Å². The molecule has 2 heterocycles. The predicted octanol–water partition coefficient (Wildman–Crippen LogP) is 1.43. The maximum Gasteiger partial charge on any atom is 0.459 e. The summed E-state index contributed by atoms with van der Waals surface area (Å²) in [6.45, 7) is 5.24. The van der Waals surface area contributed by atoms with E-state index in [0.717, 1.165) is 33.4 Å². The molecular formula is C31H44FN4O14P. The monoisotopic (exact) mass is 746 g/mol. The summed E-state index contributed by atoms with van der Waals surface area (Å²) >= 11 is 0. The normalized spacial score (nSPS) is 23.7. The number of aliphatic hydroxyl groups is 1. The van der Waals surface area contributed by atoms with E-state index in [4.69, 9.17) is 28.0 Å². The number of rotatable bonds is 16. The maximum atomic E-state index is 16.3. The average molecular weight is 747 g/mol. The topological polar surface area (TPSA) is 221 Å². The van der Waals surface area contributed by atoms with Gasteiger partial charge < -0.3 is 38.6 Å². The third-order valence-electron chi connectivity index (χ3n) is 8.02. The summed E-state index contributed by atoms with van der Waals surface area (Å²) in [6, 6.07) is 7.46. The van der Waals surface area contributed by atoms with Crippen molar-refractivity contribution in [2.45, 2.75) is 89.1 Å². The van der Waals surface area contributed by atoms with Gasteiger partial charge in [-0.15, -0.1) is 0 Å². The number of para-hydroxylation sites is 1. The van der Waals surface area contributed by atoms with Crippen LogP contribution in [0, 0.1) is 0 Å². The number of nitrogens with zero attached hydrogens (tertiary/aromatic N) is 2. The number of aromatic nitrogens is 2. The molecule has 0 saturated carbocycles. The number of nitrogens with one attached hydrogen (secondary N) is 2.